The predicted octanol–water partition coefficient (Wildman–Crippen LogP) is 0.649. The number of nitrogens with zero attached hydrogens (tertiary/aromatic N) is 5. The van der Waals surface area contributed by atoms with Crippen molar-refractivity contribution in [3.63, 3.8) is 0 Å². The van der Waals surface area contributed by atoms with E-state index in [0.29, 0.717) is 18.5 Å². The van der Waals surface area contributed by atoms with E-state index in [0.717, 1.165) is 5.69 Å². The summed E-state index contributed by atoms with van der Waals surface area (Å²) in [6.07, 6.45) is 7.36. The maximum Gasteiger partial charge on any atom is 0.342 e. The van der Waals surface area contributed by atoms with E-state index in [4.69, 9.17) is 4.74 Å². The monoisotopic (exact) mass is 246 g/mol. The highest BCUT2D eigenvalue weighted by molar-refractivity contribution is 5.12. The minimum Gasteiger partial charge on any atom is -0.402 e. The van der Waals surface area contributed by atoms with Gasteiger partial charge in [0.1, 0.15) is 6.33 Å². The minimum atomic E-state index is 0.277. The zero-order valence-corrected chi connectivity index (χ0v) is 10.1. The SMILES string of the molecule is Cn1cnc(Oc2cncc(CNC3CC3)n2)n1. The van der Waals surface area contributed by atoms with Crippen LogP contribution in [-0.4, -0.2) is 30.8 Å². The molecule has 1 fully saturated rings. The Bertz CT molecular complexity index is 536. The van der Waals surface area contributed by atoms with Gasteiger partial charge in [0.05, 0.1) is 11.9 Å². The second-order valence-corrected chi connectivity index (χ2v) is 4.31. The predicted molar refractivity (Wildman–Crippen MR) is 63.0 cm³/mol. The second kappa shape index (κ2) is 4.69. The zero-order valence-electron chi connectivity index (χ0n) is 10.1. The lowest BCUT2D eigenvalue weighted by atomic mass is 10.4. The van der Waals surface area contributed by atoms with Crippen molar-refractivity contribution >= 4 is 0 Å². The van der Waals surface area contributed by atoms with Crippen molar-refractivity contribution in [1.82, 2.24) is 30.0 Å². The van der Waals surface area contributed by atoms with E-state index in [9.17, 15) is 0 Å². The Hall–Kier alpha value is -2.02. The Labute approximate surface area is 104 Å². The van der Waals surface area contributed by atoms with Crippen molar-refractivity contribution in [3.8, 4) is 11.9 Å². The van der Waals surface area contributed by atoms with Gasteiger partial charge in [-0.1, -0.05) is 0 Å². The van der Waals surface area contributed by atoms with Crippen LogP contribution in [0, 0.1) is 0 Å². The van der Waals surface area contributed by atoms with Gasteiger partial charge in [-0.05, 0) is 12.8 Å². The summed E-state index contributed by atoms with van der Waals surface area (Å²) in [5, 5.41) is 7.39. The lowest BCUT2D eigenvalue weighted by Gasteiger charge is -2.04. The summed E-state index contributed by atoms with van der Waals surface area (Å²) in [5.74, 6) is 0.413. The third-order valence-corrected chi connectivity index (χ3v) is 2.59. The largest absolute Gasteiger partial charge is 0.402 e. The lowest BCUT2D eigenvalue weighted by molar-refractivity contribution is 0.417. The first-order valence-corrected chi connectivity index (χ1v) is 5.87. The number of nitrogens with one attached hydrogen (secondary N) is 1. The number of aryl methyl sites for hydroxylation is 1. The fourth-order valence-corrected chi connectivity index (χ4v) is 1.52. The van der Waals surface area contributed by atoms with Crippen LogP contribution in [0.5, 0.6) is 11.9 Å². The van der Waals surface area contributed by atoms with Crippen molar-refractivity contribution in [3.05, 3.63) is 24.4 Å². The van der Waals surface area contributed by atoms with Crippen molar-refractivity contribution in [1.29, 1.82) is 0 Å². The molecule has 18 heavy (non-hydrogen) atoms. The van der Waals surface area contributed by atoms with E-state index in [1.807, 2.05) is 0 Å². The first-order valence-electron chi connectivity index (χ1n) is 5.87. The fraction of sp³-hybridized carbons (Fsp3) is 0.455. The van der Waals surface area contributed by atoms with E-state index in [1.54, 1.807) is 30.5 Å². The topological polar surface area (TPSA) is 77.8 Å². The Kier molecular flexibility index (Phi) is 2.89. The van der Waals surface area contributed by atoms with Crippen LogP contribution in [0.1, 0.15) is 18.5 Å². The molecule has 7 heteroatoms. The summed E-state index contributed by atoms with van der Waals surface area (Å²) in [5.41, 5.74) is 0.857. The van der Waals surface area contributed by atoms with Crippen LogP contribution in [0.4, 0.5) is 0 Å². The van der Waals surface area contributed by atoms with E-state index in [2.05, 4.69) is 25.4 Å². The lowest BCUT2D eigenvalue weighted by Crippen LogP contribution is -2.16. The first-order chi connectivity index (χ1) is 8.79. The molecule has 2 heterocycles. The van der Waals surface area contributed by atoms with Gasteiger partial charge < -0.3 is 10.1 Å². The number of hydrogen-bond donors (Lipinski definition) is 1. The molecule has 7 nitrogen and oxygen atoms in total. The minimum absolute atomic E-state index is 0.277. The van der Waals surface area contributed by atoms with E-state index in [-0.39, 0.29) is 6.01 Å². The maximum atomic E-state index is 5.42. The van der Waals surface area contributed by atoms with Gasteiger partial charge in [0.2, 0.25) is 5.88 Å². The zero-order chi connectivity index (χ0) is 12.4. The van der Waals surface area contributed by atoms with Crippen LogP contribution < -0.4 is 10.1 Å². The molecule has 0 radical (unpaired) electrons. The van der Waals surface area contributed by atoms with Crippen LogP contribution in [0.25, 0.3) is 0 Å². The fourth-order valence-electron chi connectivity index (χ4n) is 1.52. The third kappa shape index (κ3) is 2.80. The molecule has 1 aliphatic rings. The average Bonchev–Trinajstić information content (AvgIpc) is 3.11. The molecule has 1 aliphatic carbocycles. The van der Waals surface area contributed by atoms with E-state index < -0.39 is 0 Å². The molecule has 0 amide bonds. The van der Waals surface area contributed by atoms with E-state index >= 15 is 0 Å². The summed E-state index contributed by atoms with van der Waals surface area (Å²) in [6.45, 7) is 0.713. The van der Waals surface area contributed by atoms with Gasteiger partial charge in [-0.25, -0.2) is 4.98 Å². The van der Waals surface area contributed by atoms with Gasteiger partial charge in [-0.3, -0.25) is 9.67 Å². The van der Waals surface area contributed by atoms with Crippen molar-refractivity contribution < 1.29 is 4.74 Å². The third-order valence-electron chi connectivity index (χ3n) is 2.59. The van der Waals surface area contributed by atoms with Crippen LogP contribution in [0.15, 0.2) is 18.7 Å². The van der Waals surface area contributed by atoms with E-state index in [1.165, 1.54) is 12.8 Å². The summed E-state index contributed by atoms with van der Waals surface area (Å²) in [4.78, 5) is 12.4. The Morgan fingerprint density at radius 1 is 1.44 bits per heavy atom. The maximum absolute atomic E-state index is 5.42. The summed E-state index contributed by atoms with van der Waals surface area (Å²) < 4.78 is 6.99. The van der Waals surface area contributed by atoms with Crippen molar-refractivity contribution in [2.75, 3.05) is 0 Å². The molecular weight excluding hydrogens is 232 g/mol. The highest BCUT2D eigenvalue weighted by Crippen LogP contribution is 2.19. The molecule has 0 aromatic carbocycles. The molecule has 94 valence electrons. The van der Waals surface area contributed by atoms with Crippen LogP contribution >= 0.6 is 0 Å². The van der Waals surface area contributed by atoms with Crippen molar-refractivity contribution in [2.45, 2.75) is 25.4 Å². The summed E-state index contributed by atoms with van der Waals surface area (Å²) >= 11 is 0. The van der Waals surface area contributed by atoms with Crippen molar-refractivity contribution in [2.24, 2.45) is 7.05 Å². The number of ether oxygens (including phenoxy) is 1. The van der Waals surface area contributed by atoms with Gasteiger partial charge >= 0.3 is 6.01 Å². The van der Waals surface area contributed by atoms with Gasteiger partial charge in [0.25, 0.3) is 0 Å². The van der Waals surface area contributed by atoms with Gasteiger partial charge in [-0.15, -0.1) is 5.10 Å². The molecule has 1 N–H and O–H groups in total. The molecule has 0 aliphatic heterocycles. The molecule has 3 rings (SSSR count). The second-order valence-electron chi connectivity index (χ2n) is 4.31. The Morgan fingerprint density at radius 3 is 3.06 bits per heavy atom. The Morgan fingerprint density at radius 2 is 2.33 bits per heavy atom. The average molecular weight is 246 g/mol. The molecule has 0 atom stereocenters. The summed E-state index contributed by atoms with van der Waals surface area (Å²) in [6, 6.07) is 0.924. The van der Waals surface area contributed by atoms with Crippen LogP contribution in [0.3, 0.4) is 0 Å². The standard InChI is InChI=1S/C11H14N6O/c1-17-7-14-11(16-17)18-10-6-12-4-9(15-10)5-13-8-2-3-8/h4,6-8,13H,2-3,5H2,1H3. The molecule has 0 unspecified atom stereocenters. The van der Waals surface area contributed by atoms with Crippen LogP contribution in [-0.2, 0) is 13.6 Å². The normalized spacial score (nSPS) is 14.7. The smallest absolute Gasteiger partial charge is 0.342 e. The first kappa shape index (κ1) is 11.1. The quantitative estimate of drug-likeness (QED) is 0.834. The number of aromatic nitrogens is 5. The molecule has 0 saturated heterocycles. The molecule has 2 aromatic heterocycles. The Balaban J connectivity index is 1.65. The molecule has 0 spiro atoms. The van der Waals surface area contributed by atoms with Gasteiger partial charge in [0.15, 0.2) is 0 Å². The summed E-state index contributed by atoms with van der Waals surface area (Å²) in [7, 11) is 1.78. The van der Waals surface area contributed by atoms with Gasteiger partial charge in [0, 0.05) is 25.8 Å². The molecule has 2 aromatic rings. The highest BCUT2D eigenvalue weighted by Gasteiger charge is 2.20. The van der Waals surface area contributed by atoms with Crippen LogP contribution in [0.2, 0.25) is 0 Å². The number of rotatable bonds is 5. The molecule has 0 bridgehead atoms. The highest BCUT2D eigenvalue weighted by atomic mass is 16.5. The van der Waals surface area contributed by atoms with Gasteiger partial charge in [-0.2, -0.15) is 4.98 Å². The molecule has 1 saturated carbocycles. The number of hydrogen-bond acceptors (Lipinski definition) is 6. The molecular formula is C11H14N6O.